The van der Waals surface area contributed by atoms with Crippen molar-refractivity contribution in [3.8, 4) is 33.8 Å². The van der Waals surface area contributed by atoms with E-state index in [1.165, 1.54) is 7.11 Å². The Morgan fingerprint density at radius 2 is 1.83 bits per heavy atom. The Kier molecular flexibility index (Phi) is 6.89. The Bertz CT molecular complexity index is 1720. The molecule has 0 radical (unpaired) electrons. The maximum atomic E-state index is 15.3. The van der Waals surface area contributed by atoms with Gasteiger partial charge in [-0.1, -0.05) is 24.3 Å². The van der Waals surface area contributed by atoms with Crippen molar-refractivity contribution in [2.75, 3.05) is 13.7 Å². The zero-order chi connectivity index (χ0) is 28.8. The number of carbonyl (C=O) groups excluding carboxylic acids is 1. The highest BCUT2D eigenvalue weighted by atomic mass is 19.1. The first-order valence-electron chi connectivity index (χ1n) is 13.8. The van der Waals surface area contributed by atoms with Gasteiger partial charge in [0.1, 0.15) is 23.4 Å². The third kappa shape index (κ3) is 4.90. The summed E-state index contributed by atoms with van der Waals surface area (Å²) in [6, 6.07) is 16.7. The molecule has 1 aromatic heterocycles. The van der Waals surface area contributed by atoms with Crippen LogP contribution >= 0.6 is 0 Å². The second kappa shape index (κ2) is 10.5. The highest BCUT2D eigenvalue weighted by Gasteiger charge is 2.32. The molecule has 4 aromatic rings. The monoisotopic (exact) mass is 553 g/mol. The lowest BCUT2D eigenvalue weighted by Crippen LogP contribution is -2.13. The maximum Gasteiger partial charge on any atom is 0.306 e. The van der Waals surface area contributed by atoms with Gasteiger partial charge in [-0.25, -0.2) is 4.39 Å². The summed E-state index contributed by atoms with van der Waals surface area (Å²) < 4.78 is 33.9. The smallest absolute Gasteiger partial charge is 0.306 e. The number of halogens is 1. The Hall–Kier alpha value is -4.39. The van der Waals surface area contributed by atoms with E-state index in [1.807, 2.05) is 36.5 Å². The molecule has 1 aliphatic carbocycles. The van der Waals surface area contributed by atoms with E-state index in [0.717, 1.165) is 44.5 Å². The van der Waals surface area contributed by atoms with Gasteiger partial charge in [-0.05, 0) is 83.8 Å². The van der Waals surface area contributed by atoms with E-state index >= 15 is 4.39 Å². The van der Waals surface area contributed by atoms with Crippen molar-refractivity contribution in [2.24, 2.45) is 7.05 Å². The molecule has 41 heavy (non-hydrogen) atoms. The van der Waals surface area contributed by atoms with E-state index in [2.05, 4.69) is 26.0 Å². The number of ether oxygens (including phenoxy) is 3. The number of benzene rings is 3. The normalized spacial score (nSPS) is 17.1. The van der Waals surface area contributed by atoms with Crippen LogP contribution in [-0.4, -0.2) is 24.3 Å². The van der Waals surface area contributed by atoms with Gasteiger partial charge in [-0.3, -0.25) is 9.59 Å². The zero-order valence-electron chi connectivity index (χ0n) is 23.6. The van der Waals surface area contributed by atoms with Crippen molar-refractivity contribution in [2.45, 2.75) is 45.1 Å². The summed E-state index contributed by atoms with van der Waals surface area (Å²) in [5, 5.41) is 0. The summed E-state index contributed by atoms with van der Waals surface area (Å²) in [5.74, 6) is 0.713. The fourth-order valence-electron chi connectivity index (χ4n) is 6.29. The SMILES string of the molecule is COC(=O)CC1COc2cc(O[C@@H]3CCc4c(-c5c(C)cc(-c6ccc(=O)n(C)c6)cc5C)ccc(F)c43)ccc21. The van der Waals surface area contributed by atoms with Crippen molar-refractivity contribution in [3.05, 3.63) is 105 Å². The van der Waals surface area contributed by atoms with Crippen LogP contribution in [0.2, 0.25) is 0 Å². The third-order valence-electron chi connectivity index (χ3n) is 8.29. The van der Waals surface area contributed by atoms with Crippen LogP contribution in [0.15, 0.2) is 65.6 Å². The van der Waals surface area contributed by atoms with Gasteiger partial charge >= 0.3 is 5.97 Å². The molecule has 0 saturated carbocycles. The average molecular weight is 554 g/mol. The second-order valence-electron chi connectivity index (χ2n) is 11.0. The lowest BCUT2D eigenvalue weighted by atomic mass is 9.88. The Balaban J connectivity index is 1.30. The molecule has 0 saturated heterocycles. The minimum atomic E-state index is -0.416. The molecule has 0 spiro atoms. The number of hydrogen-bond acceptors (Lipinski definition) is 5. The van der Waals surface area contributed by atoms with Crippen LogP contribution in [0.1, 0.15) is 52.7 Å². The van der Waals surface area contributed by atoms with Gasteiger partial charge in [0.25, 0.3) is 0 Å². The van der Waals surface area contributed by atoms with Crippen LogP contribution in [0, 0.1) is 19.7 Å². The van der Waals surface area contributed by atoms with Crippen molar-refractivity contribution in [3.63, 3.8) is 0 Å². The molecule has 1 aliphatic heterocycles. The molecule has 0 bridgehead atoms. The number of methoxy groups -OCH3 is 1. The first-order chi connectivity index (χ1) is 19.7. The Morgan fingerprint density at radius 3 is 2.56 bits per heavy atom. The molecular formula is C34H32FNO5. The number of fused-ring (bicyclic) bond motifs is 2. The molecule has 1 unspecified atom stereocenters. The molecular weight excluding hydrogens is 521 g/mol. The predicted molar refractivity (Wildman–Crippen MR) is 155 cm³/mol. The molecule has 7 heteroatoms. The molecule has 2 heterocycles. The van der Waals surface area contributed by atoms with Crippen LogP contribution in [0.4, 0.5) is 4.39 Å². The summed E-state index contributed by atoms with van der Waals surface area (Å²) in [7, 11) is 3.13. The van der Waals surface area contributed by atoms with Gasteiger partial charge < -0.3 is 18.8 Å². The van der Waals surface area contributed by atoms with E-state index in [4.69, 9.17) is 14.2 Å². The van der Waals surface area contributed by atoms with Crippen LogP contribution in [0.25, 0.3) is 22.3 Å². The van der Waals surface area contributed by atoms with Gasteiger partial charge in [-0.15, -0.1) is 0 Å². The van der Waals surface area contributed by atoms with Crippen molar-refractivity contribution in [1.29, 1.82) is 0 Å². The number of esters is 1. The topological polar surface area (TPSA) is 66.8 Å². The number of nitrogens with zero attached hydrogens (tertiary/aromatic N) is 1. The van der Waals surface area contributed by atoms with Gasteiger partial charge in [0.15, 0.2) is 0 Å². The summed E-state index contributed by atoms with van der Waals surface area (Å²) in [6.45, 7) is 4.56. The lowest BCUT2D eigenvalue weighted by Gasteiger charge is -2.19. The Labute approximate surface area is 238 Å². The summed E-state index contributed by atoms with van der Waals surface area (Å²) in [5.41, 5.74) is 8.79. The number of aromatic nitrogens is 1. The van der Waals surface area contributed by atoms with E-state index in [-0.39, 0.29) is 29.7 Å². The van der Waals surface area contributed by atoms with E-state index in [9.17, 15) is 9.59 Å². The van der Waals surface area contributed by atoms with E-state index in [0.29, 0.717) is 36.5 Å². The maximum absolute atomic E-state index is 15.3. The molecule has 2 aliphatic rings. The van der Waals surface area contributed by atoms with E-state index < -0.39 is 6.10 Å². The fourth-order valence-corrected chi connectivity index (χ4v) is 6.29. The lowest BCUT2D eigenvalue weighted by molar-refractivity contribution is -0.141. The Morgan fingerprint density at radius 1 is 1.05 bits per heavy atom. The van der Waals surface area contributed by atoms with Crippen molar-refractivity contribution in [1.82, 2.24) is 4.57 Å². The minimum absolute atomic E-state index is 0.0485. The quantitative estimate of drug-likeness (QED) is 0.252. The first-order valence-corrected chi connectivity index (χ1v) is 13.8. The molecule has 3 aromatic carbocycles. The van der Waals surface area contributed by atoms with Crippen LogP contribution < -0.4 is 15.0 Å². The van der Waals surface area contributed by atoms with Crippen molar-refractivity contribution >= 4 is 5.97 Å². The first kappa shape index (κ1) is 26.8. The van der Waals surface area contributed by atoms with Gasteiger partial charge in [0.2, 0.25) is 5.56 Å². The minimum Gasteiger partial charge on any atom is -0.492 e. The number of rotatable bonds is 6. The summed E-state index contributed by atoms with van der Waals surface area (Å²) in [6.07, 6.45) is 3.06. The zero-order valence-corrected chi connectivity index (χ0v) is 23.6. The van der Waals surface area contributed by atoms with E-state index in [1.54, 1.807) is 23.7 Å². The number of aryl methyl sites for hydroxylation is 3. The fraction of sp³-hybridized carbons (Fsp3) is 0.294. The highest BCUT2D eigenvalue weighted by molar-refractivity contribution is 5.79. The predicted octanol–water partition coefficient (Wildman–Crippen LogP) is 6.58. The standard InChI is InChI=1S/C34H32FNO5/c1-19-13-22(21-5-12-31(37)36(3)17-21)14-20(2)33(19)26-8-10-28(35)34-27(26)9-11-29(34)41-24-6-7-25-23(15-32(38)39-4)18-40-30(25)16-24/h5-8,10,12-14,16-17,23,29H,9,11,15,18H2,1-4H3/t23?,29-/m1/s1. The van der Waals surface area contributed by atoms with Crippen LogP contribution in [0.5, 0.6) is 11.5 Å². The molecule has 0 fully saturated rings. The van der Waals surface area contributed by atoms with Crippen LogP contribution in [0.3, 0.4) is 0 Å². The molecule has 6 nitrogen and oxygen atoms in total. The van der Waals surface area contributed by atoms with Crippen molar-refractivity contribution < 1.29 is 23.4 Å². The average Bonchev–Trinajstić information content (AvgIpc) is 3.55. The second-order valence-corrected chi connectivity index (χ2v) is 11.0. The number of pyridine rings is 1. The number of carbonyl (C=O) groups is 1. The van der Waals surface area contributed by atoms with Gasteiger partial charge in [0.05, 0.1) is 20.1 Å². The van der Waals surface area contributed by atoms with Gasteiger partial charge in [0, 0.05) is 42.4 Å². The highest BCUT2D eigenvalue weighted by Crippen LogP contribution is 2.45. The largest absolute Gasteiger partial charge is 0.492 e. The molecule has 210 valence electrons. The molecule has 6 rings (SSSR count). The van der Waals surface area contributed by atoms with Gasteiger partial charge in [-0.2, -0.15) is 0 Å². The summed E-state index contributed by atoms with van der Waals surface area (Å²) >= 11 is 0. The molecule has 2 atom stereocenters. The molecule has 0 N–H and O–H groups in total. The van der Waals surface area contributed by atoms with Crippen LogP contribution in [-0.2, 0) is 23.0 Å². The third-order valence-corrected chi connectivity index (χ3v) is 8.29. The number of hydrogen-bond donors (Lipinski definition) is 0. The molecule has 0 amide bonds. The summed E-state index contributed by atoms with van der Waals surface area (Å²) in [4.78, 5) is 23.6.